The van der Waals surface area contributed by atoms with Crippen molar-refractivity contribution < 1.29 is 4.42 Å². The lowest BCUT2D eigenvalue weighted by atomic mass is 9.68. The number of benzene rings is 9. The Morgan fingerprint density at radius 1 is 0.485 bits per heavy atom. The summed E-state index contributed by atoms with van der Waals surface area (Å²) >= 11 is 1.72. The Kier molecular flexibility index (Phi) is 9.93. The second kappa shape index (κ2) is 16.7. The normalized spacial score (nSPS) is 15.0. The number of aromatic nitrogens is 1. The van der Waals surface area contributed by atoms with Gasteiger partial charge in [0.25, 0.3) is 0 Å². The third-order valence-electron chi connectivity index (χ3n) is 12.9. The highest BCUT2D eigenvalue weighted by atomic mass is 32.1. The first-order valence-corrected chi connectivity index (χ1v) is 23.2. The van der Waals surface area contributed by atoms with Crippen LogP contribution in [0, 0.1) is 0 Å². The summed E-state index contributed by atoms with van der Waals surface area (Å²) in [7, 11) is 0. The molecule has 0 saturated carbocycles. The molecule has 0 atom stereocenters. The molecular weight excluding hydrogens is 821 g/mol. The molecule has 11 aromatic rings. The molecule has 0 N–H and O–H groups in total. The van der Waals surface area contributed by atoms with Gasteiger partial charge in [0.05, 0.1) is 15.6 Å². The maximum absolute atomic E-state index is 6.50. The first-order valence-electron chi connectivity index (χ1n) is 22.4. The Bertz CT molecular complexity index is 3580. The van der Waals surface area contributed by atoms with Crippen LogP contribution < -0.4 is 4.90 Å². The number of thiazole rings is 1. The van der Waals surface area contributed by atoms with E-state index >= 15 is 0 Å². The molecule has 3 nitrogen and oxygen atoms in total. The Balaban J connectivity index is 1.01. The highest BCUT2D eigenvalue weighted by Crippen LogP contribution is 2.45. The maximum Gasteiger partial charge on any atom is 0.143 e. The van der Waals surface area contributed by atoms with Crippen LogP contribution in [-0.4, -0.2) is 4.98 Å². The molecule has 2 aromatic heterocycles. The van der Waals surface area contributed by atoms with Crippen molar-refractivity contribution in [1.82, 2.24) is 4.98 Å². The predicted molar refractivity (Wildman–Crippen MR) is 277 cm³/mol. The number of fused-ring (bicyclic) bond motifs is 5. The van der Waals surface area contributed by atoms with Gasteiger partial charge in [0.1, 0.15) is 16.2 Å². The van der Waals surface area contributed by atoms with E-state index in [1.165, 1.54) is 27.8 Å². The van der Waals surface area contributed by atoms with Crippen LogP contribution in [0.5, 0.6) is 0 Å². The minimum atomic E-state index is -0.600. The van der Waals surface area contributed by atoms with Gasteiger partial charge in [-0.2, -0.15) is 0 Å². The summed E-state index contributed by atoms with van der Waals surface area (Å²) < 4.78 is 7.63. The van der Waals surface area contributed by atoms with Crippen LogP contribution in [0.15, 0.2) is 259 Å². The molecule has 0 bridgehead atoms. The van der Waals surface area contributed by atoms with Gasteiger partial charge in [-0.25, -0.2) is 4.98 Å². The fourth-order valence-corrected chi connectivity index (χ4v) is 10.6. The predicted octanol–water partition coefficient (Wildman–Crippen LogP) is 16.8. The van der Waals surface area contributed by atoms with Crippen LogP contribution >= 0.6 is 11.3 Å². The quantitative estimate of drug-likeness (QED) is 0.152. The van der Waals surface area contributed by atoms with Crippen LogP contribution in [-0.2, 0) is 5.41 Å². The average Bonchev–Trinajstić information content (AvgIpc) is 4.01. The number of nitrogens with zero attached hydrogens (tertiary/aromatic N) is 2. The molecule has 0 amide bonds. The minimum absolute atomic E-state index is 0.600. The fraction of sp³-hybridized carbons (Fsp3) is 0.0161. The van der Waals surface area contributed by atoms with E-state index in [0.29, 0.717) is 0 Å². The molecule has 0 saturated heterocycles. The minimum Gasteiger partial charge on any atom is -0.455 e. The second-order valence-corrected chi connectivity index (χ2v) is 17.7. The summed E-state index contributed by atoms with van der Waals surface area (Å²) in [6, 6.07) is 80.1. The van der Waals surface area contributed by atoms with Crippen molar-refractivity contribution in [2.75, 3.05) is 4.90 Å². The summed E-state index contributed by atoms with van der Waals surface area (Å²) in [4.78, 5) is 7.63. The molecule has 0 aliphatic heterocycles. The highest BCUT2D eigenvalue weighted by molar-refractivity contribution is 7.21. The third kappa shape index (κ3) is 6.96. The summed E-state index contributed by atoms with van der Waals surface area (Å²) in [5.41, 5.74) is 15.6. The number of furan rings is 1. The van der Waals surface area contributed by atoms with Gasteiger partial charge in [0.15, 0.2) is 0 Å². The van der Waals surface area contributed by atoms with Crippen molar-refractivity contribution in [3.63, 3.8) is 0 Å². The Morgan fingerprint density at radius 3 is 1.88 bits per heavy atom. The molecule has 1 aliphatic rings. The van der Waals surface area contributed by atoms with Gasteiger partial charge in [0.2, 0.25) is 0 Å². The van der Waals surface area contributed by atoms with Crippen LogP contribution in [0.4, 0.5) is 11.4 Å². The standard InChI is InChI=1S/C62H42N2OS/c1-4-16-43(17-5-1)44-30-32-47(33-31-44)61-63-57-42-52(38-39-59(57)66-61)64(51-36-34-45(35-37-51)53-26-15-27-55-54-25-11-13-29-58(54)65-60(53)55)50-24-14-19-46-18-10-12-28-56(46)62(41-40-50,48-20-6-2-7-21-48)49-22-8-3-9-23-49/h1-42H/b19-14+,41-40-,50-24+. The lowest BCUT2D eigenvalue weighted by molar-refractivity contribution is 0.670. The molecule has 12 rings (SSSR count). The zero-order valence-electron chi connectivity index (χ0n) is 36.0. The van der Waals surface area contributed by atoms with E-state index in [0.717, 1.165) is 76.5 Å². The summed E-state index contributed by atoms with van der Waals surface area (Å²) in [6.45, 7) is 0. The number of hydrogen-bond acceptors (Lipinski definition) is 4. The largest absolute Gasteiger partial charge is 0.455 e. The van der Waals surface area contributed by atoms with E-state index < -0.39 is 5.41 Å². The molecule has 0 spiro atoms. The zero-order valence-corrected chi connectivity index (χ0v) is 36.8. The van der Waals surface area contributed by atoms with Gasteiger partial charge in [-0.1, -0.05) is 206 Å². The zero-order chi connectivity index (χ0) is 43.9. The van der Waals surface area contributed by atoms with Gasteiger partial charge in [-0.3, -0.25) is 0 Å². The molecule has 0 radical (unpaired) electrons. The molecule has 0 fully saturated rings. The van der Waals surface area contributed by atoms with E-state index in [4.69, 9.17) is 9.40 Å². The number of allylic oxidation sites excluding steroid dienone is 4. The molecule has 4 heteroatoms. The van der Waals surface area contributed by atoms with Crippen molar-refractivity contribution >= 4 is 60.9 Å². The van der Waals surface area contributed by atoms with Gasteiger partial charge in [-0.15, -0.1) is 11.3 Å². The van der Waals surface area contributed by atoms with Crippen LogP contribution in [0.1, 0.15) is 22.3 Å². The summed E-state index contributed by atoms with van der Waals surface area (Å²) in [5, 5.41) is 3.24. The van der Waals surface area contributed by atoms with E-state index in [1.807, 2.05) is 12.1 Å². The van der Waals surface area contributed by atoms with Gasteiger partial charge < -0.3 is 9.32 Å². The first-order chi connectivity index (χ1) is 32.7. The third-order valence-corrected chi connectivity index (χ3v) is 13.9. The fourth-order valence-electron chi connectivity index (χ4n) is 9.65. The van der Waals surface area contributed by atoms with Crippen molar-refractivity contribution in [3.8, 4) is 32.8 Å². The number of rotatable bonds is 8. The second-order valence-electron chi connectivity index (χ2n) is 16.7. The highest BCUT2D eigenvalue weighted by Gasteiger charge is 2.36. The summed E-state index contributed by atoms with van der Waals surface area (Å²) in [6.07, 6.45) is 11.4. The van der Waals surface area contributed by atoms with Crippen molar-refractivity contribution in [1.29, 1.82) is 0 Å². The Labute approximate surface area is 388 Å². The Hall–Kier alpha value is -8.31. The van der Waals surface area contributed by atoms with E-state index in [2.05, 4.69) is 248 Å². The molecule has 0 unspecified atom stereocenters. The van der Waals surface area contributed by atoms with Crippen LogP contribution in [0.3, 0.4) is 0 Å². The van der Waals surface area contributed by atoms with Crippen molar-refractivity contribution in [3.05, 3.63) is 277 Å². The topological polar surface area (TPSA) is 29.3 Å². The summed E-state index contributed by atoms with van der Waals surface area (Å²) in [5.74, 6) is 0. The lowest BCUT2D eigenvalue weighted by Crippen LogP contribution is -2.28. The SMILES string of the molecule is C1=C/C(c2ccccc2)(c2ccccc2)c2ccccc2/C=C/C=C\1N(c1ccc(-c2cccc3c2oc2ccccc23)cc1)c1ccc2sc(-c3ccc(-c4ccccc4)cc3)nc2c1. The lowest BCUT2D eigenvalue weighted by Gasteiger charge is -2.35. The number of anilines is 2. The van der Waals surface area contributed by atoms with Crippen LogP contribution in [0.2, 0.25) is 0 Å². The maximum atomic E-state index is 6.50. The smallest absolute Gasteiger partial charge is 0.143 e. The Morgan fingerprint density at radius 2 is 1.11 bits per heavy atom. The number of hydrogen-bond donors (Lipinski definition) is 0. The molecule has 1 aliphatic carbocycles. The van der Waals surface area contributed by atoms with E-state index in [1.54, 1.807) is 11.3 Å². The van der Waals surface area contributed by atoms with Gasteiger partial charge in [0, 0.05) is 39.0 Å². The monoisotopic (exact) mass is 862 g/mol. The van der Waals surface area contributed by atoms with Gasteiger partial charge in [-0.05, 0) is 87.5 Å². The van der Waals surface area contributed by atoms with E-state index in [-0.39, 0.29) is 0 Å². The van der Waals surface area contributed by atoms with E-state index in [9.17, 15) is 0 Å². The molecule has 312 valence electrons. The van der Waals surface area contributed by atoms with Crippen molar-refractivity contribution in [2.45, 2.75) is 5.41 Å². The molecule has 2 heterocycles. The molecule has 66 heavy (non-hydrogen) atoms. The molecule has 9 aromatic carbocycles. The molecular formula is C62H42N2OS. The number of para-hydroxylation sites is 2. The van der Waals surface area contributed by atoms with Gasteiger partial charge >= 0.3 is 0 Å². The van der Waals surface area contributed by atoms with Crippen LogP contribution in [0.25, 0.3) is 71.1 Å². The van der Waals surface area contributed by atoms with Crippen molar-refractivity contribution in [2.24, 2.45) is 0 Å². The first kappa shape index (κ1) is 39.3. The average molecular weight is 863 g/mol.